The van der Waals surface area contributed by atoms with Crippen LogP contribution in [0.25, 0.3) is 22.3 Å². The maximum absolute atomic E-state index is 13.3. The number of hydrogen-bond acceptors (Lipinski definition) is 2. The molecule has 0 unspecified atom stereocenters. The van der Waals surface area contributed by atoms with Crippen LogP contribution in [-0.2, 0) is 0 Å². The lowest BCUT2D eigenvalue weighted by atomic mass is 9.79. The molecule has 132 valence electrons. The van der Waals surface area contributed by atoms with Crippen LogP contribution in [0.15, 0.2) is 97.1 Å². The zero-order valence-electron chi connectivity index (χ0n) is 15.1. The summed E-state index contributed by atoms with van der Waals surface area (Å²) in [5.41, 5.74) is 5.79. The van der Waals surface area contributed by atoms with Gasteiger partial charge >= 0.3 is 0 Å². The van der Waals surface area contributed by atoms with Crippen LogP contribution >= 0.6 is 0 Å². The van der Waals surface area contributed by atoms with E-state index in [1.807, 2.05) is 54.6 Å². The van der Waals surface area contributed by atoms with Gasteiger partial charge in [-0.25, -0.2) is 0 Å². The molecule has 0 saturated heterocycles. The summed E-state index contributed by atoms with van der Waals surface area (Å²) in [7, 11) is 0. The van der Waals surface area contributed by atoms with E-state index in [-0.39, 0.29) is 11.6 Å². The summed E-state index contributed by atoms with van der Waals surface area (Å²) in [4.78, 5) is 26.4. The molecule has 1 aliphatic carbocycles. The van der Waals surface area contributed by atoms with Gasteiger partial charge < -0.3 is 0 Å². The van der Waals surface area contributed by atoms with Crippen LogP contribution in [0.4, 0.5) is 0 Å². The van der Waals surface area contributed by atoms with Crippen LogP contribution < -0.4 is 0 Å². The molecule has 0 fully saturated rings. The zero-order chi connectivity index (χ0) is 19.1. The Bertz CT molecular complexity index is 1240. The Morgan fingerprint density at radius 1 is 0.357 bits per heavy atom. The molecule has 0 radical (unpaired) electrons. The van der Waals surface area contributed by atoms with Crippen LogP contribution in [0.5, 0.6) is 0 Å². The van der Waals surface area contributed by atoms with E-state index < -0.39 is 0 Å². The number of hydrogen-bond donors (Lipinski definition) is 0. The second-order valence-electron chi connectivity index (χ2n) is 6.84. The van der Waals surface area contributed by atoms with Gasteiger partial charge in [0, 0.05) is 22.3 Å². The molecule has 0 amide bonds. The molecule has 0 aromatic heterocycles. The first-order valence-corrected chi connectivity index (χ1v) is 9.22. The summed E-state index contributed by atoms with van der Waals surface area (Å²) in [6, 6.07) is 30.7. The fourth-order valence-corrected chi connectivity index (χ4v) is 3.96. The van der Waals surface area contributed by atoms with Crippen LogP contribution in [0.3, 0.4) is 0 Å². The van der Waals surface area contributed by atoms with Gasteiger partial charge in [-0.2, -0.15) is 0 Å². The lowest BCUT2D eigenvalue weighted by Gasteiger charge is -2.21. The van der Waals surface area contributed by atoms with Crippen molar-refractivity contribution in [2.45, 2.75) is 0 Å². The minimum Gasteiger partial charge on any atom is -0.289 e. The van der Waals surface area contributed by atoms with Gasteiger partial charge in [0.1, 0.15) is 0 Å². The standard InChI is InChI=1S/C26H16O2/c27-25-21-13-6-7-14-22(21)26(28)24-20(15-8-16-23(24)25)19-12-5-4-11-18(19)17-9-2-1-3-10-17/h1-16H. The summed E-state index contributed by atoms with van der Waals surface area (Å²) in [6.45, 7) is 0. The Kier molecular flexibility index (Phi) is 3.77. The van der Waals surface area contributed by atoms with Crippen molar-refractivity contribution in [3.05, 3.63) is 119 Å². The van der Waals surface area contributed by atoms with E-state index >= 15 is 0 Å². The topological polar surface area (TPSA) is 34.1 Å². The van der Waals surface area contributed by atoms with Gasteiger partial charge in [0.05, 0.1) is 0 Å². The minimum atomic E-state index is -0.0938. The number of ketones is 2. The van der Waals surface area contributed by atoms with Gasteiger partial charge in [-0.05, 0) is 22.3 Å². The average Bonchev–Trinajstić information content (AvgIpc) is 2.77. The van der Waals surface area contributed by atoms with Crippen molar-refractivity contribution < 1.29 is 9.59 Å². The highest BCUT2D eigenvalue weighted by Gasteiger charge is 2.31. The van der Waals surface area contributed by atoms with Gasteiger partial charge in [-0.3, -0.25) is 9.59 Å². The average molecular weight is 360 g/mol. The highest BCUT2D eigenvalue weighted by molar-refractivity contribution is 6.30. The van der Waals surface area contributed by atoms with E-state index in [1.165, 1.54) is 0 Å². The fourth-order valence-electron chi connectivity index (χ4n) is 3.96. The van der Waals surface area contributed by atoms with E-state index in [9.17, 15) is 9.59 Å². The highest BCUT2D eigenvalue weighted by Crippen LogP contribution is 2.38. The van der Waals surface area contributed by atoms with Gasteiger partial charge in [0.25, 0.3) is 0 Å². The summed E-state index contributed by atoms with van der Waals surface area (Å²) < 4.78 is 0. The quantitative estimate of drug-likeness (QED) is 0.399. The summed E-state index contributed by atoms with van der Waals surface area (Å²) >= 11 is 0. The van der Waals surface area contributed by atoms with Crippen molar-refractivity contribution >= 4 is 11.6 Å². The van der Waals surface area contributed by atoms with Gasteiger partial charge in [-0.1, -0.05) is 97.1 Å². The SMILES string of the molecule is O=C1c2ccccc2C(=O)c2c1cccc2-c1ccccc1-c1ccccc1. The molecule has 2 nitrogen and oxygen atoms in total. The van der Waals surface area contributed by atoms with Crippen molar-refractivity contribution in [3.63, 3.8) is 0 Å². The second kappa shape index (κ2) is 6.43. The molecular formula is C26H16O2. The maximum atomic E-state index is 13.3. The van der Waals surface area contributed by atoms with E-state index in [0.717, 1.165) is 22.3 Å². The predicted octanol–water partition coefficient (Wildman–Crippen LogP) is 5.80. The van der Waals surface area contributed by atoms with Crippen molar-refractivity contribution in [1.82, 2.24) is 0 Å². The molecular weight excluding hydrogens is 344 g/mol. The number of fused-ring (bicyclic) bond motifs is 2. The molecule has 4 aromatic rings. The summed E-state index contributed by atoms with van der Waals surface area (Å²) in [6.07, 6.45) is 0. The van der Waals surface area contributed by atoms with Gasteiger partial charge in [-0.15, -0.1) is 0 Å². The van der Waals surface area contributed by atoms with E-state index in [2.05, 4.69) is 12.1 Å². The molecule has 28 heavy (non-hydrogen) atoms. The third-order valence-corrected chi connectivity index (χ3v) is 5.25. The van der Waals surface area contributed by atoms with Crippen molar-refractivity contribution in [2.75, 3.05) is 0 Å². The number of carbonyl (C=O) groups is 2. The van der Waals surface area contributed by atoms with Crippen LogP contribution in [0, 0.1) is 0 Å². The third-order valence-electron chi connectivity index (χ3n) is 5.25. The minimum absolute atomic E-state index is 0.0933. The number of rotatable bonds is 2. The van der Waals surface area contributed by atoms with Crippen molar-refractivity contribution in [3.8, 4) is 22.3 Å². The monoisotopic (exact) mass is 360 g/mol. The molecule has 0 spiro atoms. The summed E-state index contributed by atoms with van der Waals surface area (Å²) in [5, 5.41) is 0. The largest absolute Gasteiger partial charge is 0.289 e. The van der Waals surface area contributed by atoms with E-state index in [4.69, 9.17) is 0 Å². The molecule has 2 heteroatoms. The molecule has 0 aliphatic heterocycles. The molecule has 1 aliphatic rings. The maximum Gasteiger partial charge on any atom is 0.195 e. The van der Waals surface area contributed by atoms with Crippen molar-refractivity contribution in [1.29, 1.82) is 0 Å². The van der Waals surface area contributed by atoms with Crippen LogP contribution in [-0.4, -0.2) is 11.6 Å². The fraction of sp³-hybridized carbons (Fsp3) is 0. The molecule has 0 heterocycles. The number of benzene rings is 4. The molecule has 0 atom stereocenters. The molecule has 0 N–H and O–H groups in total. The first-order chi connectivity index (χ1) is 13.8. The zero-order valence-corrected chi connectivity index (χ0v) is 15.1. The summed E-state index contributed by atoms with van der Waals surface area (Å²) in [5.74, 6) is -0.187. The Morgan fingerprint density at radius 2 is 0.857 bits per heavy atom. The Labute approximate surface area is 163 Å². The molecule has 0 bridgehead atoms. The van der Waals surface area contributed by atoms with Crippen LogP contribution in [0.1, 0.15) is 31.8 Å². The first-order valence-electron chi connectivity index (χ1n) is 9.22. The Morgan fingerprint density at radius 3 is 1.57 bits per heavy atom. The molecule has 0 saturated carbocycles. The normalized spacial score (nSPS) is 12.4. The predicted molar refractivity (Wildman–Crippen MR) is 111 cm³/mol. The van der Waals surface area contributed by atoms with Gasteiger partial charge in [0.15, 0.2) is 11.6 Å². The second-order valence-corrected chi connectivity index (χ2v) is 6.84. The van der Waals surface area contributed by atoms with E-state index in [1.54, 1.807) is 30.3 Å². The first kappa shape index (κ1) is 16.4. The molecule has 4 aromatic carbocycles. The Balaban J connectivity index is 1.78. The van der Waals surface area contributed by atoms with E-state index in [0.29, 0.717) is 22.3 Å². The third kappa shape index (κ3) is 2.43. The number of carbonyl (C=O) groups excluding carboxylic acids is 2. The van der Waals surface area contributed by atoms with Crippen LogP contribution in [0.2, 0.25) is 0 Å². The highest BCUT2D eigenvalue weighted by atomic mass is 16.1. The smallest absolute Gasteiger partial charge is 0.195 e. The van der Waals surface area contributed by atoms with Crippen molar-refractivity contribution in [2.24, 2.45) is 0 Å². The molecule has 5 rings (SSSR count). The van der Waals surface area contributed by atoms with Gasteiger partial charge in [0.2, 0.25) is 0 Å². The lowest BCUT2D eigenvalue weighted by molar-refractivity contribution is 0.0979. The lowest BCUT2D eigenvalue weighted by Crippen LogP contribution is -2.21. The Hall–Kier alpha value is -3.78.